The molecule has 140 valence electrons. The molecule has 26 heavy (non-hydrogen) atoms. The highest BCUT2D eigenvalue weighted by molar-refractivity contribution is 6.05. The van der Waals surface area contributed by atoms with E-state index in [0.29, 0.717) is 0 Å². The summed E-state index contributed by atoms with van der Waals surface area (Å²) in [6.45, 7) is 4.26. The fourth-order valence-corrected chi connectivity index (χ4v) is 4.15. The lowest BCUT2D eigenvalue weighted by atomic mass is 9.81. The summed E-state index contributed by atoms with van der Waals surface area (Å²) in [7, 11) is 0. The van der Waals surface area contributed by atoms with Gasteiger partial charge in [-0.25, -0.2) is 0 Å². The number of imide groups is 1. The first-order valence-electron chi connectivity index (χ1n) is 9.72. The lowest BCUT2D eigenvalue weighted by molar-refractivity contribution is -0.140. The van der Waals surface area contributed by atoms with Crippen LogP contribution in [0.5, 0.6) is 0 Å². The first kappa shape index (κ1) is 18.6. The Morgan fingerprint density at radius 2 is 1.69 bits per heavy atom. The van der Waals surface area contributed by atoms with Gasteiger partial charge >= 0.3 is 0 Å². The molecule has 1 N–H and O–H groups in total. The molecule has 1 saturated carbocycles. The van der Waals surface area contributed by atoms with Crippen LogP contribution in [0.3, 0.4) is 0 Å². The highest BCUT2D eigenvalue weighted by Crippen LogP contribution is 2.37. The number of nitrogens with zero attached hydrogens (tertiary/aromatic N) is 1. The van der Waals surface area contributed by atoms with E-state index in [1.165, 1.54) is 10.5 Å². The molecule has 1 aromatic carbocycles. The molecule has 0 radical (unpaired) electrons. The number of hydrogen-bond donors (Lipinski definition) is 1. The lowest BCUT2D eigenvalue weighted by Gasteiger charge is -2.19. The van der Waals surface area contributed by atoms with Crippen LogP contribution in [0, 0.1) is 18.8 Å². The maximum atomic E-state index is 12.5. The monoisotopic (exact) mass is 356 g/mol. The zero-order valence-corrected chi connectivity index (χ0v) is 15.7. The largest absolute Gasteiger partial charge is 0.349 e. The fraction of sp³-hybridized carbons (Fsp3) is 0.571. The zero-order chi connectivity index (χ0) is 18.7. The van der Waals surface area contributed by atoms with Crippen molar-refractivity contribution in [1.82, 2.24) is 10.2 Å². The van der Waals surface area contributed by atoms with Gasteiger partial charge in [-0.3, -0.25) is 19.3 Å². The van der Waals surface area contributed by atoms with Crippen molar-refractivity contribution in [2.45, 2.75) is 58.4 Å². The van der Waals surface area contributed by atoms with Gasteiger partial charge in [-0.2, -0.15) is 0 Å². The Morgan fingerprint density at radius 1 is 1.12 bits per heavy atom. The van der Waals surface area contributed by atoms with E-state index in [4.69, 9.17) is 0 Å². The summed E-state index contributed by atoms with van der Waals surface area (Å²) in [4.78, 5) is 38.6. The van der Waals surface area contributed by atoms with Crippen LogP contribution in [0.1, 0.15) is 62.6 Å². The fourth-order valence-electron chi connectivity index (χ4n) is 4.15. The summed E-state index contributed by atoms with van der Waals surface area (Å²) in [5.41, 5.74) is 2.26. The second-order valence-electron chi connectivity index (χ2n) is 7.51. The second-order valence-corrected chi connectivity index (χ2v) is 7.51. The number of fused-ring (bicyclic) bond motifs is 1. The zero-order valence-electron chi connectivity index (χ0n) is 15.7. The molecule has 0 aromatic heterocycles. The van der Waals surface area contributed by atoms with Gasteiger partial charge in [0.2, 0.25) is 17.7 Å². The van der Waals surface area contributed by atoms with E-state index >= 15 is 0 Å². The van der Waals surface area contributed by atoms with Gasteiger partial charge in [0, 0.05) is 13.0 Å². The highest BCUT2D eigenvalue weighted by Gasteiger charge is 2.47. The minimum atomic E-state index is -0.143. The van der Waals surface area contributed by atoms with Crippen molar-refractivity contribution in [1.29, 1.82) is 0 Å². The smallest absolute Gasteiger partial charge is 0.233 e. The maximum absolute atomic E-state index is 12.5. The molecular formula is C21H28N2O3. The minimum Gasteiger partial charge on any atom is -0.349 e. The first-order chi connectivity index (χ1) is 12.5. The summed E-state index contributed by atoms with van der Waals surface area (Å²) in [5.74, 6) is -0.547. The number of benzene rings is 1. The van der Waals surface area contributed by atoms with Gasteiger partial charge in [0.15, 0.2) is 0 Å². The predicted octanol–water partition coefficient (Wildman–Crippen LogP) is 3.13. The van der Waals surface area contributed by atoms with E-state index in [9.17, 15) is 14.4 Å². The number of nitrogens with one attached hydrogen (secondary N) is 1. The van der Waals surface area contributed by atoms with Crippen molar-refractivity contribution >= 4 is 17.7 Å². The maximum Gasteiger partial charge on any atom is 0.233 e. The number of carbonyl (C=O) groups is 3. The predicted molar refractivity (Wildman–Crippen MR) is 99.1 cm³/mol. The van der Waals surface area contributed by atoms with Crippen LogP contribution in [0.25, 0.3) is 0 Å². The number of likely N-dealkylation sites (tertiary alicyclic amines) is 1. The van der Waals surface area contributed by atoms with Crippen molar-refractivity contribution in [2.24, 2.45) is 11.8 Å². The minimum absolute atomic E-state index is 0.0457. The Labute approximate surface area is 155 Å². The van der Waals surface area contributed by atoms with Crippen LogP contribution in [0.2, 0.25) is 0 Å². The molecule has 0 bridgehead atoms. The lowest BCUT2D eigenvalue weighted by Crippen LogP contribution is -2.36. The summed E-state index contributed by atoms with van der Waals surface area (Å²) < 4.78 is 0. The summed E-state index contributed by atoms with van der Waals surface area (Å²) in [6.07, 6.45) is 4.61. The van der Waals surface area contributed by atoms with E-state index in [-0.39, 0.29) is 48.6 Å². The standard InChI is InChI=1S/C21H28N2O3/c1-3-18(15-10-8-14(2)9-11-15)22-19(24)12-13-23-20(25)16-6-4-5-7-17(16)21(23)26/h8-11,16-18H,3-7,12-13H2,1-2H3,(H,22,24)/t16-,17-,18+/m0/s1. The first-order valence-corrected chi connectivity index (χ1v) is 9.72. The Morgan fingerprint density at radius 3 is 2.23 bits per heavy atom. The van der Waals surface area contributed by atoms with Crippen molar-refractivity contribution in [3.8, 4) is 0 Å². The molecule has 1 aliphatic heterocycles. The van der Waals surface area contributed by atoms with Gasteiger partial charge in [0.25, 0.3) is 0 Å². The molecule has 0 unspecified atom stereocenters. The molecule has 1 saturated heterocycles. The van der Waals surface area contributed by atoms with Crippen LogP contribution in [0.15, 0.2) is 24.3 Å². The molecule has 3 amide bonds. The third-order valence-electron chi connectivity index (χ3n) is 5.72. The summed E-state index contributed by atoms with van der Waals surface area (Å²) in [5, 5.41) is 3.03. The molecule has 2 aliphatic rings. The molecular weight excluding hydrogens is 328 g/mol. The third-order valence-corrected chi connectivity index (χ3v) is 5.72. The van der Waals surface area contributed by atoms with Gasteiger partial charge in [-0.05, 0) is 31.7 Å². The Balaban J connectivity index is 1.55. The number of aryl methyl sites for hydroxylation is 1. The van der Waals surface area contributed by atoms with Crippen LogP contribution in [0.4, 0.5) is 0 Å². The van der Waals surface area contributed by atoms with Gasteiger partial charge in [0.1, 0.15) is 0 Å². The summed E-state index contributed by atoms with van der Waals surface area (Å²) >= 11 is 0. The van der Waals surface area contributed by atoms with E-state index in [1.807, 2.05) is 38.1 Å². The third kappa shape index (κ3) is 3.81. The summed E-state index contributed by atoms with van der Waals surface area (Å²) in [6, 6.07) is 8.08. The van der Waals surface area contributed by atoms with Crippen molar-refractivity contribution in [3.05, 3.63) is 35.4 Å². The molecule has 2 fully saturated rings. The molecule has 1 aliphatic carbocycles. The molecule has 0 spiro atoms. The van der Waals surface area contributed by atoms with Crippen molar-refractivity contribution in [3.63, 3.8) is 0 Å². The Kier molecular flexibility index (Phi) is 5.74. The topological polar surface area (TPSA) is 66.5 Å². The molecule has 5 heteroatoms. The van der Waals surface area contributed by atoms with E-state index in [2.05, 4.69) is 5.32 Å². The van der Waals surface area contributed by atoms with Crippen molar-refractivity contribution < 1.29 is 14.4 Å². The van der Waals surface area contributed by atoms with Gasteiger partial charge in [-0.15, -0.1) is 0 Å². The molecule has 3 atom stereocenters. The SMILES string of the molecule is CC[C@@H](NC(=O)CCN1C(=O)[C@H]2CCCC[C@@H]2C1=O)c1ccc(C)cc1. The molecule has 3 rings (SSSR count). The number of carbonyl (C=O) groups excluding carboxylic acids is 3. The Hall–Kier alpha value is -2.17. The van der Waals surface area contributed by atoms with Gasteiger partial charge in [-0.1, -0.05) is 49.6 Å². The van der Waals surface area contributed by atoms with E-state index in [0.717, 1.165) is 37.7 Å². The number of hydrogen-bond acceptors (Lipinski definition) is 3. The average Bonchev–Trinajstić information content (AvgIpc) is 2.90. The quantitative estimate of drug-likeness (QED) is 0.797. The molecule has 5 nitrogen and oxygen atoms in total. The van der Waals surface area contributed by atoms with Crippen LogP contribution in [-0.2, 0) is 14.4 Å². The van der Waals surface area contributed by atoms with Crippen LogP contribution in [-0.4, -0.2) is 29.2 Å². The van der Waals surface area contributed by atoms with E-state index < -0.39 is 0 Å². The van der Waals surface area contributed by atoms with Crippen LogP contribution >= 0.6 is 0 Å². The Bertz CT molecular complexity index is 659. The average molecular weight is 356 g/mol. The highest BCUT2D eigenvalue weighted by atomic mass is 16.2. The molecule has 1 aromatic rings. The van der Waals surface area contributed by atoms with Crippen molar-refractivity contribution in [2.75, 3.05) is 6.54 Å². The number of amides is 3. The molecule has 1 heterocycles. The number of rotatable bonds is 6. The van der Waals surface area contributed by atoms with Gasteiger partial charge in [0.05, 0.1) is 17.9 Å². The van der Waals surface area contributed by atoms with E-state index in [1.54, 1.807) is 0 Å². The normalized spacial score (nSPS) is 23.7. The second kappa shape index (κ2) is 8.02. The van der Waals surface area contributed by atoms with Crippen LogP contribution < -0.4 is 5.32 Å². The van der Waals surface area contributed by atoms with Gasteiger partial charge < -0.3 is 5.32 Å².